The van der Waals surface area contributed by atoms with Crippen LogP contribution in [0.15, 0.2) is 54.6 Å². The van der Waals surface area contributed by atoms with Gasteiger partial charge >= 0.3 is 12.0 Å². The van der Waals surface area contributed by atoms with Gasteiger partial charge in [0.05, 0.1) is 12.0 Å². The summed E-state index contributed by atoms with van der Waals surface area (Å²) >= 11 is 0. The van der Waals surface area contributed by atoms with E-state index in [4.69, 9.17) is 5.11 Å². The summed E-state index contributed by atoms with van der Waals surface area (Å²) in [6, 6.07) is 15.0. The third kappa shape index (κ3) is 5.84. The van der Waals surface area contributed by atoms with E-state index >= 15 is 0 Å². The second-order valence-corrected chi connectivity index (χ2v) is 7.12. The van der Waals surface area contributed by atoms with Crippen molar-refractivity contribution < 1.29 is 19.5 Å². The van der Waals surface area contributed by atoms with Gasteiger partial charge in [0, 0.05) is 16.9 Å². The van der Waals surface area contributed by atoms with Crippen LogP contribution in [0, 0.1) is 5.92 Å². The Labute approximate surface area is 164 Å². The van der Waals surface area contributed by atoms with Crippen LogP contribution in [-0.2, 0) is 4.79 Å². The quantitative estimate of drug-likeness (QED) is 0.580. The first kappa shape index (κ1) is 21.0. The molecule has 1 unspecified atom stereocenters. The maximum absolute atomic E-state index is 12.5. The first-order valence-corrected chi connectivity index (χ1v) is 8.97. The lowest BCUT2D eigenvalue weighted by molar-refractivity contribution is -0.138. The smallest absolute Gasteiger partial charge is 0.323 e. The number of aliphatic carboxylic acids is 1. The zero-order chi connectivity index (χ0) is 20.7. The average molecular weight is 383 g/mol. The molecule has 28 heavy (non-hydrogen) atoms. The number of urea groups is 1. The zero-order valence-corrected chi connectivity index (χ0v) is 16.2. The molecule has 0 aromatic heterocycles. The van der Waals surface area contributed by atoms with Crippen molar-refractivity contribution in [3.63, 3.8) is 0 Å². The summed E-state index contributed by atoms with van der Waals surface area (Å²) < 4.78 is 0. The predicted molar refractivity (Wildman–Crippen MR) is 108 cm³/mol. The molecule has 0 radical (unpaired) electrons. The number of benzene rings is 2. The van der Waals surface area contributed by atoms with Gasteiger partial charge in [-0.25, -0.2) is 4.79 Å². The molecule has 0 bridgehead atoms. The lowest BCUT2D eigenvalue weighted by Crippen LogP contribution is -2.51. The van der Waals surface area contributed by atoms with Crippen LogP contribution in [0.4, 0.5) is 16.2 Å². The topological polar surface area (TPSA) is 108 Å². The second kappa shape index (κ2) is 9.03. The molecule has 0 saturated heterocycles. The summed E-state index contributed by atoms with van der Waals surface area (Å²) in [6.45, 7) is 5.44. The van der Waals surface area contributed by atoms with Crippen LogP contribution in [0.1, 0.15) is 37.6 Å². The molecule has 148 valence electrons. The first-order valence-electron chi connectivity index (χ1n) is 8.97. The van der Waals surface area contributed by atoms with Crippen molar-refractivity contribution >= 4 is 29.3 Å². The molecular weight excluding hydrogens is 358 g/mol. The maximum Gasteiger partial charge on any atom is 0.323 e. The summed E-state index contributed by atoms with van der Waals surface area (Å²) in [6.07, 6.45) is -0.171. The summed E-state index contributed by atoms with van der Waals surface area (Å²) in [7, 11) is 0. The number of carboxylic acid groups (broad SMARTS) is 1. The Morgan fingerprint density at radius 1 is 0.929 bits per heavy atom. The highest BCUT2D eigenvalue weighted by molar-refractivity contribution is 6.00. The van der Waals surface area contributed by atoms with E-state index < -0.39 is 17.5 Å². The van der Waals surface area contributed by atoms with Gasteiger partial charge in [0.25, 0.3) is 5.91 Å². The minimum atomic E-state index is -0.972. The van der Waals surface area contributed by atoms with Gasteiger partial charge in [-0.3, -0.25) is 9.59 Å². The normalized spacial score (nSPS) is 12.7. The van der Waals surface area contributed by atoms with Crippen LogP contribution in [0.2, 0.25) is 0 Å². The van der Waals surface area contributed by atoms with E-state index in [9.17, 15) is 14.4 Å². The van der Waals surface area contributed by atoms with E-state index in [2.05, 4.69) is 16.0 Å². The molecule has 0 aliphatic carbocycles. The molecule has 0 saturated carbocycles. The number of nitrogens with one attached hydrogen (secondary N) is 3. The SMILES string of the molecule is CC(C)C(C)(CC(=O)O)NC(=O)c1ccc(NC(=O)Nc2ccccc2)cc1. The molecule has 2 aromatic carbocycles. The predicted octanol–water partition coefficient (Wildman–Crippen LogP) is 3.95. The number of rotatable bonds is 7. The molecule has 7 heteroatoms. The minimum absolute atomic E-state index is 0.0600. The Balaban J connectivity index is 2.00. The monoisotopic (exact) mass is 383 g/mol. The van der Waals surface area contributed by atoms with E-state index in [0.717, 1.165) is 0 Å². The number of para-hydroxylation sites is 1. The van der Waals surface area contributed by atoms with Crippen molar-refractivity contribution in [2.75, 3.05) is 10.6 Å². The fraction of sp³-hybridized carbons (Fsp3) is 0.286. The minimum Gasteiger partial charge on any atom is -0.481 e. The number of carboxylic acids is 1. The fourth-order valence-electron chi connectivity index (χ4n) is 2.56. The van der Waals surface area contributed by atoms with Gasteiger partial charge in [0.1, 0.15) is 0 Å². The summed E-state index contributed by atoms with van der Waals surface area (Å²) in [4.78, 5) is 35.6. The molecule has 0 fully saturated rings. The summed E-state index contributed by atoms with van der Waals surface area (Å²) in [5, 5.41) is 17.3. The van der Waals surface area contributed by atoms with Crippen molar-refractivity contribution in [3.8, 4) is 0 Å². The highest BCUT2D eigenvalue weighted by Crippen LogP contribution is 2.22. The van der Waals surface area contributed by atoms with Crippen LogP contribution in [0.5, 0.6) is 0 Å². The average Bonchev–Trinajstić information content (AvgIpc) is 2.62. The van der Waals surface area contributed by atoms with Crippen molar-refractivity contribution in [1.29, 1.82) is 0 Å². The van der Waals surface area contributed by atoms with Crippen LogP contribution in [-0.4, -0.2) is 28.6 Å². The highest BCUT2D eigenvalue weighted by atomic mass is 16.4. The highest BCUT2D eigenvalue weighted by Gasteiger charge is 2.33. The molecule has 1 atom stereocenters. The van der Waals surface area contributed by atoms with Gasteiger partial charge in [-0.1, -0.05) is 32.0 Å². The second-order valence-electron chi connectivity index (χ2n) is 7.12. The number of amides is 3. The number of hydrogen-bond donors (Lipinski definition) is 4. The Kier molecular flexibility index (Phi) is 6.76. The Morgan fingerprint density at radius 3 is 1.96 bits per heavy atom. The number of hydrogen-bond acceptors (Lipinski definition) is 3. The molecule has 0 heterocycles. The van der Waals surface area contributed by atoms with Crippen LogP contribution >= 0.6 is 0 Å². The van der Waals surface area contributed by atoms with Gasteiger partial charge in [-0.15, -0.1) is 0 Å². The lowest BCUT2D eigenvalue weighted by Gasteiger charge is -2.33. The Bertz CT molecular complexity index is 834. The molecule has 0 aliphatic rings. The molecule has 0 aliphatic heterocycles. The summed E-state index contributed by atoms with van der Waals surface area (Å²) in [5.74, 6) is -1.40. The Morgan fingerprint density at radius 2 is 1.46 bits per heavy atom. The van der Waals surface area contributed by atoms with Gasteiger partial charge in [-0.2, -0.15) is 0 Å². The molecule has 0 spiro atoms. The summed E-state index contributed by atoms with van der Waals surface area (Å²) in [5.41, 5.74) is 0.714. The molecule has 7 nitrogen and oxygen atoms in total. The Hall–Kier alpha value is -3.35. The van der Waals surface area contributed by atoms with E-state index in [1.165, 1.54) is 0 Å². The van der Waals surface area contributed by atoms with Gasteiger partial charge < -0.3 is 21.1 Å². The number of carbonyl (C=O) groups is 3. The van der Waals surface area contributed by atoms with Gasteiger partial charge in [-0.05, 0) is 49.2 Å². The molecule has 3 amide bonds. The molecule has 2 aromatic rings. The first-order chi connectivity index (χ1) is 13.2. The van der Waals surface area contributed by atoms with Crippen LogP contribution < -0.4 is 16.0 Å². The maximum atomic E-state index is 12.5. The molecular formula is C21H25N3O4. The van der Waals surface area contributed by atoms with E-state index in [1.807, 2.05) is 32.0 Å². The number of anilines is 2. The molecule has 2 rings (SSSR count). The van der Waals surface area contributed by atoms with Crippen LogP contribution in [0.25, 0.3) is 0 Å². The van der Waals surface area contributed by atoms with E-state index in [1.54, 1.807) is 43.3 Å². The van der Waals surface area contributed by atoms with Crippen LogP contribution in [0.3, 0.4) is 0 Å². The van der Waals surface area contributed by atoms with Gasteiger partial charge in [0.2, 0.25) is 0 Å². The van der Waals surface area contributed by atoms with Crippen molar-refractivity contribution in [3.05, 3.63) is 60.2 Å². The molecule has 4 N–H and O–H groups in total. The third-order valence-corrected chi connectivity index (χ3v) is 4.63. The standard InChI is InChI=1S/C21H25N3O4/c1-14(2)21(3,13-18(25)26)24-19(27)15-9-11-17(12-10-15)23-20(28)22-16-7-5-4-6-8-16/h4-12,14H,13H2,1-3H3,(H,24,27)(H,25,26)(H2,22,23,28). The van der Waals surface area contributed by atoms with E-state index in [-0.39, 0.29) is 18.2 Å². The van der Waals surface area contributed by atoms with E-state index in [0.29, 0.717) is 16.9 Å². The third-order valence-electron chi connectivity index (χ3n) is 4.63. The zero-order valence-electron chi connectivity index (χ0n) is 16.2. The lowest BCUT2D eigenvalue weighted by atomic mass is 9.85. The van der Waals surface area contributed by atoms with Crippen molar-refractivity contribution in [2.45, 2.75) is 32.7 Å². The van der Waals surface area contributed by atoms with Crippen molar-refractivity contribution in [2.24, 2.45) is 5.92 Å². The fourth-order valence-corrected chi connectivity index (χ4v) is 2.56. The van der Waals surface area contributed by atoms with Gasteiger partial charge in [0.15, 0.2) is 0 Å². The largest absolute Gasteiger partial charge is 0.481 e. The van der Waals surface area contributed by atoms with Crippen molar-refractivity contribution in [1.82, 2.24) is 5.32 Å². The number of carbonyl (C=O) groups excluding carboxylic acids is 2.